The third kappa shape index (κ3) is 6.19. The van der Waals surface area contributed by atoms with Crippen LogP contribution in [0.3, 0.4) is 0 Å². The third-order valence-corrected chi connectivity index (χ3v) is 9.70. The highest BCUT2D eigenvalue weighted by Gasteiger charge is 2.54. The lowest BCUT2D eigenvalue weighted by molar-refractivity contribution is -0.161. The van der Waals surface area contributed by atoms with Gasteiger partial charge in [-0.05, 0) is 60.6 Å². The number of likely N-dealkylation sites (tertiary alicyclic amines) is 1. The van der Waals surface area contributed by atoms with Crippen LogP contribution in [0.15, 0.2) is 48.5 Å². The van der Waals surface area contributed by atoms with Crippen LogP contribution in [-0.2, 0) is 19.6 Å². The van der Waals surface area contributed by atoms with E-state index in [0.717, 1.165) is 24.0 Å². The molecule has 1 heterocycles. The van der Waals surface area contributed by atoms with Crippen LogP contribution in [0.1, 0.15) is 62.6 Å². The summed E-state index contributed by atoms with van der Waals surface area (Å²) < 4.78 is 26.6. The molecule has 4 atom stereocenters. The number of carbonyl (C=O) groups excluding carboxylic acids is 1. The minimum absolute atomic E-state index is 0.122. The predicted molar refractivity (Wildman–Crippen MR) is 149 cm³/mol. The standard InChI is InChI=1S/C28H34Cl2N2O5S/c1-4-31(38(3,36)37)17-24(18-8-9-18)32-26(19-10-12-21(29)13-11-19)23(20-6-5-7-22(30)14-20)15-28(2,27(32)35)16-25(33)34/h5-7,10-14,18,23-24,26H,4,8-9,15-17H2,1-3H3,(H,33,34)/t23-,24?,26-,28-/m1/s1. The molecule has 0 aromatic heterocycles. The van der Waals surface area contributed by atoms with Gasteiger partial charge >= 0.3 is 5.97 Å². The van der Waals surface area contributed by atoms with Crippen LogP contribution in [-0.4, -0.2) is 60.0 Å². The molecule has 2 fully saturated rings. The number of carboxylic acid groups (broad SMARTS) is 1. The van der Waals surface area contributed by atoms with Gasteiger partial charge in [-0.25, -0.2) is 12.7 Å². The van der Waals surface area contributed by atoms with Crippen molar-refractivity contribution in [2.75, 3.05) is 19.3 Å². The first-order valence-corrected chi connectivity index (χ1v) is 15.4. The van der Waals surface area contributed by atoms with Crippen LogP contribution in [0.5, 0.6) is 0 Å². The Morgan fingerprint density at radius 3 is 2.32 bits per heavy atom. The van der Waals surface area contributed by atoms with Crippen LogP contribution in [0, 0.1) is 11.3 Å². The maximum atomic E-state index is 14.4. The lowest BCUT2D eigenvalue weighted by Crippen LogP contribution is -2.59. The molecule has 1 N–H and O–H groups in total. The van der Waals surface area contributed by atoms with E-state index in [2.05, 4.69) is 0 Å². The van der Waals surface area contributed by atoms with Crippen molar-refractivity contribution in [3.8, 4) is 0 Å². The largest absolute Gasteiger partial charge is 0.481 e. The number of carboxylic acids is 1. The smallest absolute Gasteiger partial charge is 0.304 e. The average molecular weight is 582 g/mol. The molecule has 1 aliphatic carbocycles. The molecule has 0 radical (unpaired) electrons. The Bertz CT molecular complexity index is 1300. The third-order valence-electron chi connectivity index (χ3n) is 7.87. The van der Waals surface area contributed by atoms with E-state index in [1.807, 2.05) is 35.2 Å². The fourth-order valence-corrected chi connectivity index (χ4v) is 7.11. The van der Waals surface area contributed by atoms with E-state index >= 15 is 0 Å². The second kappa shape index (κ2) is 11.2. The predicted octanol–water partition coefficient (Wildman–Crippen LogP) is 5.59. The van der Waals surface area contributed by atoms with Crippen LogP contribution < -0.4 is 0 Å². The summed E-state index contributed by atoms with van der Waals surface area (Å²) in [5, 5.41) is 10.9. The number of carbonyl (C=O) groups is 2. The number of rotatable bonds is 10. The Hall–Kier alpha value is -2.13. The van der Waals surface area contributed by atoms with Gasteiger partial charge in [0.2, 0.25) is 15.9 Å². The molecule has 1 amide bonds. The number of hydrogen-bond acceptors (Lipinski definition) is 4. The first-order chi connectivity index (χ1) is 17.8. The van der Waals surface area contributed by atoms with Crippen LogP contribution in [0.4, 0.5) is 0 Å². The maximum Gasteiger partial charge on any atom is 0.304 e. The number of likely N-dealkylation sites (N-methyl/N-ethyl adjacent to an activating group) is 1. The summed E-state index contributed by atoms with van der Waals surface area (Å²) in [5.41, 5.74) is 0.575. The number of aliphatic carboxylic acids is 1. The fourth-order valence-electron chi connectivity index (χ4n) is 5.90. The van der Waals surface area contributed by atoms with E-state index in [0.29, 0.717) is 16.5 Å². The van der Waals surface area contributed by atoms with E-state index in [-0.39, 0.29) is 37.3 Å². The summed E-state index contributed by atoms with van der Waals surface area (Å²) in [4.78, 5) is 28.2. The van der Waals surface area contributed by atoms with Gasteiger partial charge in [-0.1, -0.05) is 61.3 Å². The zero-order chi connectivity index (χ0) is 27.8. The molecular weight excluding hydrogens is 547 g/mol. The monoisotopic (exact) mass is 580 g/mol. The van der Waals surface area contributed by atoms with Gasteiger partial charge in [0.25, 0.3) is 0 Å². The summed E-state index contributed by atoms with van der Waals surface area (Å²) in [7, 11) is -3.51. The molecule has 1 saturated heterocycles. The molecule has 10 heteroatoms. The lowest BCUT2D eigenvalue weighted by Gasteiger charge is -2.52. The molecule has 1 aliphatic heterocycles. The number of sulfonamides is 1. The van der Waals surface area contributed by atoms with Gasteiger partial charge in [0.1, 0.15) is 0 Å². The molecule has 0 spiro atoms. The second-order valence-corrected chi connectivity index (χ2v) is 13.7. The molecule has 7 nitrogen and oxygen atoms in total. The summed E-state index contributed by atoms with van der Waals surface area (Å²) in [6, 6.07) is 13.9. The molecule has 38 heavy (non-hydrogen) atoms. The van der Waals surface area contributed by atoms with Crippen molar-refractivity contribution in [3.05, 3.63) is 69.7 Å². The zero-order valence-corrected chi connectivity index (χ0v) is 24.1. The maximum absolute atomic E-state index is 14.4. The minimum atomic E-state index is -3.51. The summed E-state index contributed by atoms with van der Waals surface area (Å²) >= 11 is 12.6. The molecule has 2 aromatic carbocycles. The van der Waals surface area contributed by atoms with Gasteiger partial charge in [-0.3, -0.25) is 9.59 Å². The van der Waals surface area contributed by atoms with Gasteiger partial charge in [0, 0.05) is 35.1 Å². The zero-order valence-electron chi connectivity index (χ0n) is 21.8. The highest BCUT2D eigenvalue weighted by atomic mass is 35.5. The highest BCUT2D eigenvalue weighted by Crippen LogP contribution is 2.54. The Balaban J connectivity index is 1.92. The molecule has 2 aliphatic rings. The molecular formula is C28H34Cl2N2O5S. The summed E-state index contributed by atoms with van der Waals surface area (Å²) in [6.07, 6.45) is 2.91. The van der Waals surface area contributed by atoms with Crippen molar-refractivity contribution < 1.29 is 23.1 Å². The summed E-state index contributed by atoms with van der Waals surface area (Å²) in [6.45, 7) is 3.92. The SMILES string of the molecule is CCN(CC(C1CC1)N1C(=O)[C@@](C)(CC(=O)O)C[C@H](c2cccc(Cl)c2)[C@H]1c1ccc(Cl)cc1)S(C)(=O)=O. The van der Waals surface area contributed by atoms with Gasteiger partial charge in [0.05, 0.1) is 24.1 Å². The molecule has 4 rings (SSSR count). The highest BCUT2D eigenvalue weighted by molar-refractivity contribution is 7.88. The van der Waals surface area contributed by atoms with Crippen molar-refractivity contribution >= 4 is 45.1 Å². The molecule has 206 valence electrons. The number of halogens is 2. The van der Waals surface area contributed by atoms with E-state index in [1.54, 1.807) is 32.0 Å². The Kier molecular flexibility index (Phi) is 8.48. The number of piperidine rings is 1. The van der Waals surface area contributed by atoms with Crippen LogP contribution in [0.25, 0.3) is 0 Å². The Morgan fingerprint density at radius 2 is 1.79 bits per heavy atom. The molecule has 1 unspecified atom stereocenters. The van der Waals surface area contributed by atoms with Gasteiger partial charge < -0.3 is 10.0 Å². The normalized spacial score (nSPS) is 25.0. The first-order valence-electron chi connectivity index (χ1n) is 12.8. The van der Waals surface area contributed by atoms with E-state index in [9.17, 15) is 23.1 Å². The molecule has 0 bridgehead atoms. The van der Waals surface area contributed by atoms with E-state index < -0.39 is 33.5 Å². The first kappa shape index (κ1) is 28.9. The lowest BCUT2D eigenvalue weighted by atomic mass is 9.67. The van der Waals surface area contributed by atoms with Gasteiger partial charge in [-0.2, -0.15) is 0 Å². The number of hydrogen-bond donors (Lipinski definition) is 1. The molecule has 2 aromatic rings. The Morgan fingerprint density at radius 1 is 1.13 bits per heavy atom. The molecule has 1 saturated carbocycles. The number of amides is 1. The average Bonchev–Trinajstić information content (AvgIpc) is 3.66. The Labute approximate surface area is 234 Å². The number of benzene rings is 2. The van der Waals surface area contributed by atoms with Crippen molar-refractivity contribution in [1.29, 1.82) is 0 Å². The van der Waals surface area contributed by atoms with E-state index in [4.69, 9.17) is 23.2 Å². The topological polar surface area (TPSA) is 95.0 Å². The fraction of sp³-hybridized carbons (Fsp3) is 0.500. The second-order valence-electron chi connectivity index (χ2n) is 10.8. The van der Waals surface area contributed by atoms with E-state index in [1.165, 1.54) is 10.6 Å². The van der Waals surface area contributed by atoms with Crippen molar-refractivity contribution in [2.24, 2.45) is 11.3 Å². The quantitative estimate of drug-likeness (QED) is 0.395. The van der Waals surface area contributed by atoms with Crippen molar-refractivity contribution in [1.82, 2.24) is 9.21 Å². The number of nitrogens with zero attached hydrogens (tertiary/aromatic N) is 2. The van der Waals surface area contributed by atoms with Gasteiger partial charge in [0.15, 0.2) is 0 Å². The van der Waals surface area contributed by atoms with Crippen LogP contribution >= 0.6 is 23.2 Å². The summed E-state index contributed by atoms with van der Waals surface area (Å²) in [5.74, 6) is -1.47. The minimum Gasteiger partial charge on any atom is -0.481 e. The van der Waals surface area contributed by atoms with Gasteiger partial charge in [-0.15, -0.1) is 0 Å². The van der Waals surface area contributed by atoms with Crippen molar-refractivity contribution in [3.63, 3.8) is 0 Å². The van der Waals surface area contributed by atoms with Crippen LogP contribution in [0.2, 0.25) is 10.0 Å². The van der Waals surface area contributed by atoms with Crippen molar-refractivity contribution in [2.45, 2.75) is 57.5 Å².